The highest BCUT2D eigenvalue weighted by molar-refractivity contribution is 5.90. The van der Waals surface area contributed by atoms with Crippen LogP contribution in [-0.4, -0.2) is 65.9 Å². The van der Waals surface area contributed by atoms with E-state index in [-0.39, 0.29) is 17.8 Å². The van der Waals surface area contributed by atoms with E-state index in [1.165, 1.54) is 12.1 Å². The average Bonchev–Trinajstić information content (AvgIpc) is 2.84. The van der Waals surface area contributed by atoms with Crippen molar-refractivity contribution in [1.82, 2.24) is 14.7 Å². The van der Waals surface area contributed by atoms with Gasteiger partial charge in [0.25, 0.3) is 0 Å². The predicted molar refractivity (Wildman–Crippen MR) is 134 cm³/mol. The molecule has 184 valence electrons. The summed E-state index contributed by atoms with van der Waals surface area (Å²) < 4.78 is 13.3. The van der Waals surface area contributed by atoms with E-state index >= 15 is 0 Å². The second-order valence-corrected chi connectivity index (χ2v) is 8.97. The van der Waals surface area contributed by atoms with Crippen LogP contribution in [0.2, 0.25) is 0 Å². The Labute approximate surface area is 202 Å². The van der Waals surface area contributed by atoms with Gasteiger partial charge in [-0.1, -0.05) is 50.1 Å². The highest BCUT2D eigenvalue weighted by Gasteiger charge is 2.22. The number of nitrogens with one attached hydrogen (secondary N) is 1. The molecule has 1 aliphatic rings. The van der Waals surface area contributed by atoms with E-state index in [1.807, 2.05) is 41.0 Å². The molecule has 2 aromatic rings. The minimum absolute atomic E-state index is 0.0713. The number of nitrogens with zero attached hydrogens (tertiary/aromatic N) is 3. The fourth-order valence-electron chi connectivity index (χ4n) is 4.13. The van der Waals surface area contributed by atoms with E-state index < -0.39 is 0 Å². The van der Waals surface area contributed by atoms with Crippen molar-refractivity contribution >= 4 is 17.6 Å². The molecule has 0 atom stereocenters. The molecule has 3 rings (SSSR count). The van der Waals surface area contributed by atoms with Crippen LogP contribution >= 0.6 is 0 Å². The molecule has 1 heterocycles. The number of carbonyl (C=O) groups excluding carboxylic acids is 2. The lowest BCUT2D eigenvalue weighted by Crippen LogP contribution is -2.51. The highest BCUT2D eigenvalue weighted by atomic mass is 19.1. The summed E-state index contributed by atoms with van der Waals surface area (Å²) in [5.74, 6) is -0.122. The third-order valence-corrected chi connectivity index (χ3v) is 6.37. The van der Waals surface area contributed by atoms with E-state index in [9.17, 15) is 14.0 Å². The van der Waals surface area contributed by atoms with Gasteiger partial charge in [0.1, 0.15) is 5.82 Å². The number of amides is 3. The first kappa shape index (κ1) is 25.7. The quantitative estimate of drug-likeness (QED) is 0.505. The normalized spacial score (nSPS) is 14.1. The molecule has 34 heavy (non-hydrogen) atoms. The first-order chi connectivity index (χ1) is 16.5. The van der Waals surface area contributed by atoms with Gasteiger partial charge in [0.2, 0.25) is 5.91 Å². The number of unbranched alkanes of at least 4 members (excludes halogenated alkanes) is 2. The molecule has 0 bridgehead atoms. The number of anilines is 1. The summed E-state index contributed by atoms with van der Waals surface area (Å²) in [6.07, 6.45) is 3.56. The predicted octanol–water partition coefficient (Wildman–Crippen LogP) is 4.89. The summed E-state index contributed by atoms with van der Waals surface area (Å²) in [4.78, 5) is 31.6. The van der Waals surface area contributed by atoms with Gasteiger partial charge in [-0.3, -0.25) is 9.69 Å². The second kappa shape index (κ2) is 13.1. The molecule has 0 saturated carbocycles. The molecule has 0 aromatic heterocycles. The molecule has 0 aliphatic carbocycles. The van der Waals surface area contributed by atoms with Crippen LogP contribution in [0.5, 0.6) is 0 Å². The summed E-state index contributed by atoms with van der Waals surface area (Å²) in [5.41, 5.74) is 2.82. The maximum Gasteiger partial charge on any atom is 0.321 e. The van der Waals surface area contributed by atoms with Gasteiger partial charge in [-0.25, -0.2) is 9.18 Å². The Morgan fingerprint density at radius 2 is 1.71 bits per heavy atom. The van der Waals surface area contributed by atoms with Gasteiger partial charge in [-0.2, -0.15) is 0 Å². The number of carbonyl (C=O) groups is 2. The molecule has 6 nitrogen and oxygen atoms in total. The number of rotatable bonds is 10. The number of piperazine rings is 1. The van der Waals surface area contributed by atoms with Crippen molar-refractivity contribution in [1.29, 1.82) is 0 Å². The Bertz CT molecular complexity index is 926. The Morgan fingerprint density at radius 1 is 1.00 bits per heavy atom. The van der Waals surface area contributed by atoms with E-state index in [1.54, 1.807) is 12.1 Å². The van der Waals surface area contributed by atoms with Gasteiger partial charge in [0.15, 0.2) is 0 Å². The van der Waals surface area contributed by atoms with Gasteiger partial charge >= 0.3 is 6.03 Å². The first-order valence-corrected chi connectivity index (χ1v) is 12.3. The van der Waals surface area contributed by atoms with Crippen molar-refractivity contribution in [2.45, 2.75) is 46.1 Å². The molecule has 2 aromatic carbocycles. The summed E-state index contributed by atoms with van der Waals surface area (Å²) >= 11 is 0. The molecule has 1 fully saturated rings. The Kier molecular flexibility index (Phi) is 9.89. The molecular formula is C27H37FN4O2. The fourth-order valence-corrected chi connectivity index (χ4v) is 4.13. The van der Waals surface area contributed by atoms with Gasteiger partial charge in [0, 0.05) is 57.9 Å². The second-order valence-electron chi connectivity index (χ2n) is 8.97. The summed E-state index contributed by atoms with van der Waals surface area (Å²) in [6, 6.07) is 14.1. The number of hydrogen-bond donors (Lipinski definition) is 1. The summed E-state index contributed by atoms with van der Waals surface area (Å²) in [6.45, 7) is 8.83. The Morgan fingerprint density at radius 3 is 2.38 bits per heavy atom. The highest BCUT2D eigenvalue weighted by Crippen LogP contribution is 2.15. The van der Waals surface area contributed by atoms with Gasteiger partial charge in [0.05, 0.1) is 0 Å². The van der Waals surface area contributed by atoms with Crippen LogP contribution in [0.25, 0.3) is 0 Å². The smallest absolute Gasteiger partial charge is 0.321 e. The van der Waals surface area contributed by atoms with Gasteiger partial charge in [-0.15, -0.1) is 0 Å². The number of benzene rings is 2. The number of halogens is 1. The number of urea groups is 1. The van der Waals surface area contributed by atoms with Crippen LogP contribution in [0.1, 0.15) is 43.7 Å². The van der Waals surface area contributed by atoms with Crippen molar-refractivity contribution in [3.8, 4) is 0 Å². The summed E-state index contributed by atoms with van der Waals surface area (Å²) in [5, 5.41) is 3.00. The van der Waals surface area contributed by atoms with Crippen molar-refractivity contribution in [3.63, 3.8) is 0 Å². The lowest BCUT2D eigenvalue weighted by atomic mass is 10.1. The third kappa shape index (κ3) is 7.83. The van der Waals surface area contributed by atoms with Crippen molar-refractivity contribution < 1.29 is 14.0 Å². The van der Waals surface area contributed by atoms with Crippen LogP contribution in [0.15, 0.2) is 48.5 Å². The number of aryl methyl sites for hydroxylation is 1. The maximum atomic E-state index is 13.3. The van der Waals surface area contributed by atoms with Crippen molar-refractivity contribution in [3.05, 3.63) is 65.5 Å². The Balaban J connectivity index is 1.49. The zero-order valence-electron chi connectivity index (χ0n) is 20.4. The maximum absolute atomic E-state index is 13.3. The third-order valence-electron chi connectivity index (χ3n) is 6.37. The molecule has 1 aliphatic heterocycles. The Hall–Kier alpha value is -2.93. The van der Waals surface area contributed by atoms with Gasteiger partial charge in [-0.05, 0) is 42.7 Å². The SMILES string of the molecule is CCCCCC(=O)N(CCN1CCN(C(=O)Nc2ccccc2C)CC1)Cc1ccc(F)cc1. The molecule has 3 amide bonds. The zero-order chi connectivity index (χ0) is 24.3. The van der Waals surface area contributed by atoms with Crippen molar-refractivity contribution in [2.75, 3.05) is 44.6 Å². The van der Waals surface area contributed by atoms with Crippen LogP contribution in [0.3, 0.4) is 0 Å². The van der Waals surface area contributed by atoms with E-state index in [0.717, 1.165) is 55.7 Å². The summed E-state index contributed by atoms with van der Waals surface area (Å²) in [7, 11) is 0. The van der Waals surface area contributed by atoms with E-state index in [4.69, 9.17) is 0 Å². The minimum atomic E-state index is -0.270. The molecule has 0 radical (unpaired) electrons. The lowest BCUT2D eigenvalue weighted by Gasteiger charge is -2.36. The van der Waals surface area contributed by atoms with Crippen LogP contribution in [-0.2, 0) is 11.3 Å². The molecular weight excluding hydrogens is 431 g/mol. The minimum Gasteiger partial charge on any atom is -0.337 e. The molecule has 0 spiro atoms. The van der Waals surface area contributed by atoms with Crippen LogP contribution < -0.4 is 5.32 Å². The monoisotopic (exact) mass is 468 g/mol. The molecule has 0 unspecified atom stereocenters. The number of para-hydroxylation sites is 1. The standard InChI is InChI=1S/C27H37FN4O2/c1-3-4-5-10-26(33)32(21-23-11-13-24(28)14-12-23)20-17-30-15-18-31(19-16-30)27(34)29-25-9-7-6-8-22(25)2/h6-9,11-14H,3-5,10,15-21H2,1-2H3,(H,29,34). The fraction of sp³-hybridized carbons (Fsp3) is 0.481. The zero-order valence-corrected chi connectivity index (χ0v) is 20.4. The van der Waals surface area contributed by atoms with Crippen molar-refractivity contribution in [2.24, 2.45) is 0 Å². The molecule has 1 N–H and O–H groups in total. The van der Waals surface area contributed by atoms with Gasteiger partial charge < -0.3 is 15.1 Å². The van der Waals surface area contributed by atoms with E-state index in [0.29, 0.717) is 32.6 Å². The average molecular weight is 469 g/mol. The van der Waals surface area contributed by atoms with Crippen LogP contribution in [0.4, 0.5) is 14.9 Å². The van der Waals surface area contributed by atoms with Crippen LogP contribution in [0, 0.1) is 12.7 Å². The largest absolute Gasteiger partial charge is 0.337 e. The molecule has 7 heteroatoms. The lowest BCUT2D eigenvalue weighted by molar-refractivity contribution is -0.132. The topological polar surface area (TPSA) is 55.9 Å². The molecule has 1 saturated heterocycles. The first-order valence-electron chi connectivity index (χ1n) is 12.3. The number of hydrogen-bond acceptors (Lipinski definition) is 3. The van der Waals surface area contributed by atoms with E-state index in [2.05, 4.69) is 17.1 Å².